The molecular weight excluding hydrogens is 270 g/mol. The van der Waals surface area contributed by atoms with Crippen LogP contribution in [0.5, 0.6) is 11.5 Å². The van der Waals surface area contributed by atoms with Gasteiger partial charge in [0.1, 0.15) is 0 Å². The third-order valence-electron chi connectivity index (χ3n) is 3.91. The first-order valence-electron chi connectivity index (χ1n) is 7.16. The molecule has 1 saturated carbocycles. The van der Waals surface area contributed by atoms with Crippen LogP contribution in [-0.4, -0.2) is 37.4 Å². The number of carbonyl (C=O) groups is 1. The Morgan fingerprint density at radius 3 is 2.57 bits per heavy atom. The van der Waals surface area contributed by atoms with Gasteiger partial charge >= 0.3 is 0 Å². The van der Waals surface area contributed by atoms with Crippen molar-refractivity contribution in [2.24, 2.45) is 5.92 Å². The Kier molecular flexibility index (Phi) is 4.73. The number of benzene rings is 1. The normalized spacial score (nSPS) is 17.0. The summed E-state index contributed by atoms with van der Waals surface area (Å²) in [5.74, 6) is 1.45. The molecule has 0 aliphatic heterocycles. The highest BCUT2D eigenvalue weighted by molar-refractivity contribution is 5.78. The molecule has 1 aromatic carbocycles. The number of nitrogens with one attached hydrogen (secondary N) is 1. The van der Waals surface area contributed by atoms with Gasteiger partial charge in [-0.15, -0.1) is 0 Å². The van der Waals surface area contributed by atoms with Crippen molar-refractivity contribution in [1.82, 2.24) is 5.32 Å². The maximum Gasteiger partial charge on any atom is 0.224 e. The average Bonchev–Trinajstić information content (AvgIpc) is 3.30. The number of rotatable bonds is 7. The lowest BCUT2D eigenvalue weighted by atomic mass is 10.0. The molecule has 1 fully saturated rings. The van der Waals surface area contributed by atoms with Gasteiger partial charge in [0.25, 0.3) is 0 Å². The lowest BCUT2D eigenvalue weighted by Crippen LogP contribution is -2.42. The summed E-state index contributed by atoms with van der Waals surface area (Å²) >= 11 is 0. The Bertz CT molecular complexity index is 509. The van der Waals surface area contributed by atoms with Crippen LogP contribution in [0.25, 0.3) is 0 Å². The zero-order valence-corrected chi connectivity index (χ0v) is 12.8. The summed E-state index contributed by atoms with van der Waals surface area (Å²) in [6, 6.07) is 5.40. The van der Waals surface area contributed by atoms with E-state index in [0.29, 0.717) is 24.0 Å². The third-order valence-corrected chi connectivity index (χ3v) is 3.91. The SMILES string of the molecule is COc1ccc(CC(=O)NC[C@@](C)(O)C2CC2)cc1OC. The second-order valence-corrected chi connectivity index (χ2v) is 5.77. The smallest absolute Gasteiger partial charge is 0.224 e. The summed E-state index contributed by atoms with van der Waals surface area (Å²) in [6.45, 7) is 2.07. The molecule has 5 heteroatoms. The average molecular weight is 293 g/mol. The Morgan fingerprint density at radius 2 is 2.00 bits per heavy atom. The zero-order chi connectivity index (χ0) is 15.5. The van der Waals surface area contributed by atoms with Gasteiger partial charge in [-0.3, -0.25) is 4.79 Å². The zero-order valence-electron chi connectivity index (χ0n) is 12.8. The molecule has 0 spiro atoms. The Labute approximate surface area is 125 Å². The molecule has 1 aromatic rings. The molecule has 5 nitrogen and oxygen atoms in total. The van der Waals surface area contributed by atoms with Gasteiger partial charge < -0.3 is 19.9 Å². The minimum atomic E-state index is -0.798. The lowest BCUT2D eigenvalue weighted by Gasteiger charge is -2.23. The molecule has 1 aliphatic carbocycles. The summed E-state index contributed by atoms with van der Waals surface area (Å²) in [6.07, 6.45) is 2.33. The van der Waals surface area contributed by atoms with Crippen LogP contribution in [-0.2, 0) is 11.2 Å². The van der Waals surface area contributed by atoms with Crippen LogP contribution in [0.3, 0.4) is 0 Å². The molecular formula is C16H23NO4. The Balaban J connectivity index is 1.90. The van der Waals surface area contributed by atoms with E-state index in [-0.39, 0.29) is 12.3 Å². The highest BCUT2D eigenvalue weighted by Crippen LogP contribution is 2.39. The number of ether oxygens (including phenoxy) is 2. The molecule has 1 amide bonds. The largest absolute Gasteiger partial charge is 0.493 e. The highest BCUT2D eigenvalue weighted by atomic mass is 16.5. The van der Waals surface area contributed by atoms with Crippen LogP contribution in [0.1, 0.15) is 25.3 Å². The van der Waals surface area contributed by atoms with Gasteiger partial charge in [0.2, 0.25) is 5.91 Å². The van der Waals surface area contributed by atoms with E-state index in [9.17, 15) is 9.90 Å². The van der Waals surface area contributed by atoms with Crippen molar-refractivity contribution >= 4 is 5.91 Å². The maximum atomic E-state index is 12.0. The molecule has 21 heavy (non-hydrogen) atoms. The van der Waals surface area contributed by atoms with E-state index in [1.54, 1.807) is 33.3 Å². The predicted molar refractivity (Wildman–Crippen MR) is 79.6 cm³/mol. The van der Waals surface area contributed by atoms with Crippen LogP contribution >= 0.6 is 0 Å². The van der Waals surface area contributed by atoms with E-state index in [1.165, 1.54) is 0 Å². The number of hydrogen-bond donors (Lipinski definition) is 2. The van der Waals surface area contributed by atoms with Crippen LogP contribution in [0.4, 0.5) is 0 Å². The number of hydrogen-bond acceptors (Lipinski definition) is 4. The van der Waals surface area contributed by atoms with Crippen molar-refractivity contribution in [2.45, 2.75) is 31.8 Å². The van der Waals surface area contributed by atoms with Gasteiger partial charge in [-0.25, -0.2) is 0 Å². The third kappa shape index (κ3) is 4.11. The first kappa shape index (κ1) is 15.6. The van der Waals surface area contributed by atoms with Crippen molar-refractivity contribution in [3.63, 3.8) is 0 Å². The van der Waals surface area contributed by atoms with Gasteiger partial charge in [0.05, 0.1) is 26.2 Å². The summed E-state index contributed by atoms with van der Waals surface area (Å²) in [4.78, 5) is 12.0. The number of aliphatic hydroxyl groups is 1. The standard InChI is InChI=1S/C16H23NO4/c1-16(19,12-5-6-12)10-17-15(18)9-11-4-7-13(20-2)14(8-11)21-3/h4,7-8,12,19H,5-6,9-10H2,1-3H3,(H,17,18)/t16-/m1/s1. The summed E-state index contributed by atoms with van der Waals surface area (Å²) < 4.78 is 10.4. The summed E-state index contributed by atoms with van der Waals surface area (Å²) in [5, 5.41) is 13.0. The number of methoxy groups -OCH3 is 2. The summed E-state index contributed by atoms with van der Waals surface area (Å²) in [5.41, 5.74) is 0.0454. The molecule has 1 atom stereocenters. The fraction of sp³-hybridized carbons (Fsp3) is 0.562. The van der Waals surface area contributed by atoms with E-state index < -0.39 is 5.60 Å². The molecule has 0 saturated heterocycles. The first-order valence-corrected chi connectivity index (χ1v) is 7.16. The van der Waals surface area contributed by atoms with E-state index in [1.807, 2.05) is 6.07 Å². The van der Waals surface area contributed by atoms with E-state index in [2.05, 4.69) is 5.32 Å². The molecule has 0 unspecified atom stereocenters. The molecule has 0 radical (unpaired) electrons. The van der Waals surface area contributed by atoms with Crippen LogP contribution < -0.4 is 14.8 Å². The van der Waals surface area contributed by atoms with E-state index in [0.717, 1.165) is 18.4 Å². The fourth-order valence-corrected chi connectivity index (χ4v) is 2.37. The molecule has 116 valence electrons. The van der Waals surface area contributed by atoms with E-state index >= 15 is 0 Å². The molecule has 2 rings (SSSR count). The second kappa shape index (κ2) is 6.35. The highest BCUT2D eigenvalue weighted by Gasteiger charge is 2.39. The Hall–Kier alpha value is -1.75. The van der Waals surface area contributed by atoms with Crippen molar-refractivity contribution in [3.8, 4) is 11.5 Å². The van der Waals surface area contributed by atoms with Crippen LogP contribution in [0, 0.1) is 5.92 Å². The van der Waals surface area contributed by atoms with Gasteiger partial charge in [0, 0.05) is 6.54 Å². The summed E-state index contributed by atoms with van der Waals surface area (Å²) in [7, 11) is 3.14. The monoisotopic (exact) mass is 293 g/mol. The maximum absolute atomic E-state index is 12.0. The quantitative estimate of drug-likeness (QED) is 0.800. The molecule has 0 aromatic heterocycles. The van der Waals surface area contributed by atoms with Gasteiger partial charge in [-0.05, 0) is 43.4 Å². The predicted octanol–water partition coefficient (Wildman–Crippen LogP) is 1.52. The second-order valence-electron chi connectivity index (χ2n) is 5.77. The van der Waals surface area contributed by atoms with Crippen molar-refractivity contribution in [1.29, 1.82) is 0 Å². The van der Waals surface area contributed by atoms with Crippen molar-refractivity contribution in [3.05, 3.63) is 23.8 Å². The topological polar surface area (TPSA) is 67.8 Å². The van der Waals surface area contributed by atoms with E-state index in [4.69, 9.17) is 9.47 Å². The number of carbonyl (C=O) groups excluding carboxylic acids is 1. The lowest BCUT2D eigenvalue weighted by molar-refractivity contribution is -0.121. The molecule has 1 aliphatic rings. The molecule has 0 bridgehead atoms. The number of amides is 1. The van der Waals surface area contributed by atoms with Crippen LogP contribution in [0.15, 0.2) is 18.2 Å². The van der Waals surface area contributed by atoms with Crippen molar-refractivity contribution < 1.29 is 19.4 Å². The molecule has 2 N–H and O–H groups in total. The fourth-order valence-electron chi connectivity index (χ4n) is 2.37. The van der Waals surface area contributed by atoms with Gasteiger partial charge in [0.15, 0.2) is 11.5 Å². The minimum absolute atomic E-state index is 0.108. The minimum Gasteiger partial charge on any atom is -0.493 e. The van der Waals surface area contributed by atoms with Gasteiger partial charge in [-0.1, -0.05) is 6.07 Å². The van der Waals surface area contributed by atoms with Crippen molar-refractivity contribution in [2.75, 3.05) is 20.8 Å². The first-order chi connectivity index (χ1) is 9.96. The van der Waals surface area contributed by atoms with Gasteiger partial charge in [-0.2, -0.15) is 0 Å². The van der Waals surface area contributed by atoms with Crippen LogP contribution in [0.2, 0.25) is 0 Å². The molecule has 0 heterocycles. The Morgan fingerprint density at radius 1 is 1.33 bits per heavy atom.